The van der Waals surface area contributed by atoms with Gasteiger partial charge in [-0.05, 0) is 33.4 Å². The molecule has 0 aliphatic carbocycles. The number of aromatic nitrogens is 2. The van der Waals surface area contributed by atoms with E-state index in [9.17, 15) is 0 Å². The molecule has 2 rings (SSSR count). The molecular formula is C11H20N4O. The van der Waals surface area contributed by atoms with Gasteiger partial charge in [0, 0.05) is 12.6 Å². The number of aryl methyl sites for hydroxylation is 1. The first kappa shape index (κ1) is 11.5. The first-order valence-corrected chi connectivity index (χ1v) is 5.95. The number of nitrogens with one attached hydrogen (secondary N) is 1. The fourth-order valence-corrected chi connectivity index (χ4v) is 2.16. The average Bonchev–Trinajstić information content (AvgIpc) is 2.65. The Labute approximate surface area is 96.2 Å². The van der Waals surface area contributed by atoms with Crippen LogP contribution in [-0.2, 0) is 6.54 Å². The van der Waals surface area contributed by atoms with Crippen molar-refractivity contribution in [2.75, 3.05) is 20.1 Å². The average molecular weight is 224 g/mol. The quantitative estimate of drug-likeness (QED) is 0.825. The highest BCUT2D eigenvalue weighted by atomic mass is 16.5. The Kier molecular flexibility index (Phi) is 3.90. The second-order valence-corrected chi connectivity index (χ2v) is 4.58. The molecular weight excluding hydrogens is 204 g/mol. The largest absolute Gasteiger partial charge is 0.338 e. The molecule has 5 nitrogen and oxygen atoms in total. The molecule has 0 saturated carbocycles. The normalized spacial score (nSPS) is 21.6. The third kappa shape index (κ3) is 3.28. The first-order valence-electron chi connectivity index (χ1n) is 5.95. The van der Waals surface area contributed by atoms with E-state index in [0.717, 1.165) is 19.6 Å². The van der Waals surface area contributed by atoms with Gasteiger partial charge in [0.25, 0.3) is 0 Å². The Balaban J connectivity index is 1.77. The van der Waals surface area contributed by atoms with Crippen molar-refractivity contribution in [3.8, 4) is 0 Å². The Morgan fingerprint density at radius 1 is 1.50 bits per heavy atom. The van der Waals surface area contributed by atoms with Crippen molar-refractivity contribution in [3.63, 3.8) is 0 Å². The van der Waals surface area contributed by atoms with Gasteiger partial charge >= 0.3 is 0 Å². The van der Waals surface area contributed by atoms with E-state index in [1.807, 2.05) is 6.92 Å². The lowest BCUT2D eigenvalue weighted by Crippen LogP contribution is -2.42. The van der Waals surface area contributed by atoms with Crippen LogP contribution in [0.3, 0.4) is 0 Å². The van der Waals surface area contributed by atoms with Crippen LogP contribution in [0.5, 0.6) is 0 Å². The maximum atomic E-state index is 5.10. The molecule has 0 radical (unpaired) electrons. The molecule has 0 aromatic carbocycles. The van der Waals surface area contributed by atoms with Gasteiger partial charge in [-0.2, -0.15) is 4.98 Å². The van der Waals surface area contributed by atoms with Crippen LogP contribution in [0, 0.1) is 6.92 Å². The third-order valence-electron chi connectivity index (χ3n) is 2.92. The lowest BCUT2D eigenvalue weighted by molar-refractivity contribution is 0.227. The molecule has 1 saturated heterocycles. The third-order valence-corrected chi connectivity index (χ3v) is 2.92. The summed E-state index contributed by atoms with van der Waals surface area (Å²) in [4.78, 5) is 6.44. The topological polar surface area (TPSA) is 54.2 Å². The van der Waals surface area contributed by atoms with Crippen molar-refractivity contribution in [2.24, 2.45) is 0 Å². The van der Waals surface area contributed by atoms with Gasteiger partial charge in [0.2, 0.25) is 5.89 Å². The standard InChI is InChI=1S/C11H20N4O/c1-9-13-11(16-14-9)8-15(2)7-10-5-3-4-6-12-10/h10,12H,3-8H2,1-2H3. The molecule has 0 amide bonds. The maximum Gasteiger partial charge on any atom is 0.240 e. The van der Waals surface area contributed by atoms with Gasteiger partial charge in [-0.15, -0.1) is 0 Å². The SMILES string of the molecule is Cc1noc(CN(C)CC2CCCCN2)n1. The van der Waals surface area contributed by atoms with Gasteiger partial charge in [0.1, 0.15) is 0 Å². The van der Waals surface area contributed by atoms with Crippen molar-refractivity contribution < 1.29 is 4.52 Å². The minimum Gasteiger partial charge on any atom is -0.338 e. The van der Waals surface area contributed by atoms with Gasteiger partial charge in [-0.3, -0.25) is 4.90 Å². The van der Waals surface area contributed by atoms with Gasteiger partial charge in [0.05, 0.1) is 6.54 Å². The van der Waals surface area contributed by atoms with Crippen molar-refractivity contribution in [2.45, 2.75) is 38.8 Å². The smallest absolute Gasteiger partial charge is 0.240 e. The van der Waals surface area contributed by atoms with Crippen LogP contribution < -0.4 is 5.32 Å². The first-order chi connectivity index (χ1) is 7.74. The van der Waals surface area contributed by atoms with E-state index >= 15 is 0 Å². The van der Waals surface area contributed by atoms with E-state index in [2.05, 4.69) is 27.4 Å². The number of rotatable bonds is 4. The van der Waals surface area contributed by atoms with Gasteiger partial charge in [-0.25, -0.2) is 0 Å². The highest BCUT2D eigenvalue weighted by Crippen LogP contribution is 2.09. The summed E-state index contributed by atoms with van der Waals surface area (Å²) in [6, 6.07) is 0.614. The fraction of sp³-hybridized carbons (Fsp3) is 0.818. The molecule has 1 unspecified atom stereocenters. The minimum absolute atomic E-state index is 0.614. The molecule has 1 N–H and O–H groups in total. The number of hydrogen-bond donors (Lipinski definition) is 1. The summed E-state index contributed by atoms with van der Waals surface area (Å²) in [6.07, 6.45) is 3.92. The number of piperidine rings is 1. The maximum absolute atomic E-state index is 5.10. The summed E-state index contributed by atoms with van der Waals surface area (Å²) >= 11 is 0. The molecule has 90 valence electrons. The summed E-state index contributed by atoms with van der Waals surface area (Å²) in [5.41, 5.74) is 0. The monoisotopic (exact) mass is 224 g/mol. The molecule has 1 atom stereocenters. The molecule has 1 aliphatic rings. The summed E-state index contributed by atoms with van der Waals surface area (Å²) in [7, 11) is 2.09. The predicted octanol–water partition coefficient (Wildman–Crippen LogP) is 0.952. The van der Waals surface area contributed by atoms with Crippen molar-refractivity contribution in [1.82, 2.24) is 20.4 Å². The zero-order valence-electron chi connectivity index (χ0n) is 10.1. The molecule has 1 aromatic rings. The van der Waals surface area contributed by atoms with Crippen LogP contribution in [0.2, 0.25) is 0 Å². The summed E-state index contributed by atoms with van der Waals surface area (Å²) < 4.78 is 5.10. The molecule has 0 bridgehead atoms. The Morgan fingerprint density at radius 3 is 3.00 bits per heavy atom. The van der Waals surface area contributed by atoms with Crippen LogP contribution in [0.15, 0.2) is 4.52 Å². The fourth-order valence-electron chi connectivity index (χ4n) is 2.16. The van der Waals surface area contributed by atoms with Gasteiger partial charge in [-0.1, -0.05) is 11.6 Å². The van der Waals surface area contributed by atoms with Crippen LogP contribution in [0.4, 0.5) is 0 Å². The molecule has 16 heavy (non-hydrogen) atoms. The molecule has 1 aromatic heterocycles. The van der Waals surface area contributed by atoms with E-state index in [1.165, 1.54) is 19.3 Å². The van der Waals surface area contributed by atoms with E-state index in [-0.39, 0.29) is 0 Å². The molecule has 0 spiro atoms. The summed E-state index contributed by atoms with van der Waals surface area (Å²) in [6.45, 7) is 4.77. The molecule has 1 aliphatic heterocycles. The minimum atomic E-state index is 0.614. The lowest BCUT2D eigenvalue weighted by Gasteiger charge is -2.27. The molecule has 1 fully saturated rings. The molecule has 2 heterocycles. The number of hydrogen-bond acceptors (Lipinski definition) is 5. The number of nitrogens with zero attached hydrogens (tertiary/aromatic N) is 3. The summed E-state index contributed by atoms with van der Waals surface area (Å²) in [5.74, 6) is 1.41. The van der Waals surface area contributed by atoms with Gasteiger partial charge < -0.3 is 9.84 Å². The van der Waals surface area contributed by atoms with Crippen molar-refractivity contribution in [3.05, 3.63) is 11.7 Å². The number of likely N-dealkylation sites (N-methyl/N-ethyl adjacent to an activating group) is 1. The Bertz CT molecular complexity index is 320. The zero-order valence-corrected chi connectivity index (χ0v) is 10.1. The zero-order chi connectivity index (χ0) is 11.4. The van der Waals surface area contributed by atoms with Crippen LogP contribution >= 0.6 is 0 Å². The van der Waals surface area contributed by atoms with E-state index < -0.39 is 0 Å². The van der Waals surface area contributed by atoms with Crippen molar-refractivity contribution in [1.29, 1.82) is 0 Å². The van der Waals surface area contributed by atoms with Crippen LogP contribution in [0.25, 0.3) is 0 Å². The van der Waals surface area contributed by atoms with E-state index in [4.69, 9.17) is 4.52 Å². The second-order valence-electron chi connectivity index (χ2n) is 4.58. The highest BCUT2D eigenvalue weighted by Gasteiger charge is 2.15. The Morgan fingerprint density at radius 2 is 2.38 bits per heavy atom. The lowest BCUT2D eigenvalue weighted by atomic mass is 10.0. The summed E-state index contributed by atoms with van der Waals surface area (Å²) in [5, 5.41) is 7.32. The van der Waals surface area contributed by atoms with Crippen molar-refractivity contribution >= 4 is 0 Å². The van der Waals surface area contributed by atoms with Gasteiger partial charge in [0.15, 0.2) is 5.82 Å². The van der Waals surface area contributed by atoms with Crippen LogP contribution in [0.1, 0.15) is 31.0 Å². The van der Waals surface area contributed by atoms with Crippen LogP contribution in [-0.4, -0.2) is 41.2 Å². The second kappa shape index (κ2) is 5.41. The highest BCUT2D eigenvalue weighted by molar-refractivity contribution is 4.83. The molecule has 5 heteroatoms. The predicted molar refractivity (Wildman–Crippen MR) is 61.0 cm³/mol. The van der Waals surface area contributed by atoms with E-state index in [0.29, 0.717) is 17.8 Å². The Hall–Kier alpha value is -0.940. The van der Waals surface area contributed by atoms with E-state index in [1.54, 1.807) is 0 Å².